The Morgan fingerprint density at radius 1 is 1.11 bits per heavy atom. The van der Waals surface area contributed by atoms with Gasteiger partial charge in [0.1, 0.15) is 23.8 Å². The molecule has 28 heavy (non-hydrogen) atoms. The minimum atomic E-state index is -0.626. The van der Waals surface area contributed by atoms with Gasteiger partial charge >= 0.3 is 11.6 Å². The van der Waals surface area contributed by atoms with E-state index in [1.807, 2.05) is 0 Å². The maximum atomic E-state index is 12.9. The van der Waals surface area contributed by atoms with Gasteiger partial charge in [-0.2, -0.15) is 0 Å². The molecule has 144 valence electrons. The van der Waals surface area contributed by atoms with Crippen LogP contribution < -0.4 is 5.63 Å². The highest BCUT2D eigenvalue weighted by Crippen LogP contribution is 2.27. The molecule has 3 rings (SSSR count). The van der Waals surface area contributed by atoms with Gasteiger partial charge in [-0.25, -0.2) is 9.18 Å². The van der Waals surface area contributed by atoms with Crippen LogP contribution in [0.3, 0.4) is 0 Å². The molecule has 1 N–H and O–H groups in total. The number of fused-ring (bicyclic) bond motifs is 1. The van der Waals surface area contributed by atoms with E-state index in [4.69, 9.17) is 9.15 Å². The lowest BCUT2D eigenvalue weighted by molar-refractivity contribution is -0.144. The van der Waals surface area contributed by atoms with Gasteiger partial charge in [-0.15, -0.1) is 0 Å². The van der Waals surface area contributed by atoms with Crippen molar-refractivity contribution in [2.24, 2.45) is 0 Å². The normalized spacial score (nSPS) is 10.8. The first kappa shape index (κ1) is 19.3. The number of ether oxygens (including phenoxy) is 1. The molecule has 3 aromatic rings. The van der Waals surface area contributed by atoms with Crippen LogP contribution in [0.1, 0.15) is 34.3 Å². The van der Waals surface area contributed by atoms with Crippen LogP contribution >= 0.6 is 0 Å². The molecular weight excluding hydrogens is 367 g/mol. The van der Waals surface area contributed by atoms with Crippen LogP contribution in [-0.4, -0.2) is 16.9 Å². The van der Waals surface area contributed by atoms with E-state index in [0.717, 1.165) is 0 Å². The summed E-state index contributed by atoms with van der Waals surface area (Å²) >= 11 is 0. The quantitative estimate of drug-likeness (QED) is 0.396. The molecule has 0 unspecified atom stereocenters. The average Bonchev–Trinajstić information content (AvgIpc) is 2.68. The zero-order valence-electron chi connectivity index (χ0n) is 15.0. The first-order valence-corrected chi connectivity index (χ1v) is 8.55. The van der Waals surface area contributed by atoms with Crippen molar-refractivity contribution >= 4 is 22.7 Å². The molecule has 0 fully saturated rings. The third kappa shape index (κ3) is 4.25. The fourth-order valence-corrected chi connectivity index (χ4v) is 2.76. The maximum Gasteiger partial charge on any atom is 0.336 e. The number of benzene rings is 2. The Morgan fingerprint density at radius 3 is 2.54 bits per heavy atom. The van der Waals surface area contributed by atoms with Crippen molar-refractivity contribution in [1.29, 1.82) is 0 Å². The topological polar surface area (TPSA) is 93.8 Å². The molecule has 1 aromatic heterocycles. The number of phenols is 1. The molecule has 0 spiro atoms. The predicted octanol–water partition coefficient (Wildman–Crippen LogP) is 3.65. The van der Waals surface area contributed by atoms with Crippen molar-refractivity contribution in [2.45, 2.75) is 26.4 Å². The van der Waals surface area contributed by atoms with Crippen molar-refractivity contribution in [3.05, 3.63) is 75.4 Å². The van der Waals surface area contributed by atoms with Gasteiger partial charge in [-0.3, -0.25) is 9.59 Å². The van der Waals surface area contributed by atoms with Crippen molar-refractivity contribution in [3.8, 4) is 5.75 Å². The molecular formula is C21H17FO6. The average molecular weight is 384 g/mol. The number of aromatic hydroxyl groups is 1. The van der Waals surface area contributed by atoms with Crippen LogP contribution in [0.2, 0.25) is 0 Å². The zero-order valence-corrected chi connectivity index (χ0v) is 15.0. The Kier molecular flexibility index (Phi) is 5.54. The second kappa shape index (κ2) is 8.04. The summed E-state index contributed by atoms with van der Waals surface area (Å²) in [5.41, 5.74) is 0.764. The van der Waals surface area contributed by atoms with E-state index in [1.54, 1.807) is 13.0 Å². The summed E-state index contributed by atoms with van der Waals surface area (Å²) in [6.07, 6.45) is -0.218. The number of ketones is 1. The van der Waals surface area contributed by atoms with E-state index < -0.39 is 17.4 Å². The molecule has 0 saturated heterocycles. The number of aryl methyl sites for hydroxylation is 1. The summed E-state index contributed by atoms with van der Waals surface area (Å²) in [5, 5.41) is 10.3. The van der Waals surface area contributed by atoms with E-state index in [0.29, 0.717) is 22.1 Å². The van der Waals surface area contributed by atoms with Gasteiger partial charge in [0.15, 0.2) is 5.78 Å². The standard InChI is InChI=1S/C21H17FO6/c1-12-17(23)7-6-16-14(10-20(26)28-21(12)16)11-27-19(25)9-8-18(24)13-2-4-15(22)5-3-13/h2-7,10,23H,8-9,11H2,1H3. The monoisotopic (exact) mass is 384 g/mol. The highest BCUT2D eigenvalue weighted by Gasteiger charge is 2.14. The Hall–Kier alpha value is -3.48. The molecule has 6 nitrogen and oxygen atoms in total. The molecule has 0 bridgehead atoms. The van der Waals surface area contributed by atoms with E-state index in [-0.39, 0.29) is 36.6 Å². The fraction of sp³-hybridized carbons (Fsp3) is 0.190. The van der Waals surface area contributed by atoms with Crippen LogP contribution in [0.25, 0.3) is 11.0 Å². The minimum Gasteiger partial charge on any atom is -0.508 e. The highest BCUT2D eigenvalue weighted by atomic mass is 19.1. The highest BCUT2D eigenvalue weighted by molar-refractivity contribution is 5.97. The fourth-order valence-electron chi connectivity index (χ4n) is 2.76. The summed E-state index contributed by atoms with van der Waals surface area (Å²) < 4.78 is 23.2. The van der Waals surface area contributed by atoms with Crippen LogP contribution in [0.4, 0.5) is 4.39 Å². The van der Waals surface area contributed by atoms with E-state index >= 15 is 0 Å². The number of rotatable bonds is 6. The van der Waals surface area contributed by atoms with E-state index in [2.05, 4.69) is 0 Å². The molecule has 0 amide bonds. The van der Waals surface area contributed by atoms with Gasteiger partial charge in [-0.05, 0) is 43.3 Å². The number of esters is 1. The molecule has 0 aliphatic carbocycles. The second-order valence-corrected chi connectivity index (χ2v) is 6.27. The number of hydrogen-bond donors (Lipinski definition) is 1. The van der Waals surface area contributed by atoms with Crippen molar-refractivity contribution in [2.75, 3.05) is 0 Å². The molecule has 0 aliphatic heterocycles. The minimum absolute atomic E-state index is 0.0101. The number of carbonyl (C=O) groups excluding carboxylic acids is 2. The summed E-state index contributed by atoms with van der Waals surface area (Å²) in [7, 11) is 0. The first-order valence-electron chi connectivity index (χ1n) is 8.55. The van der Waals surface area contributed by atoms with Gasteiger partial charge in [-0.1, -0.05) is 0 Å². The van der Waals surface area contributed by atoms with E-state index in [1.165, 1.54) is 36.4 Å². The van der Waals surface area contributed by atoms with Crippen LogP contribution in [-0.2, 0) is 16.1 Å². The summed E-state index contributed by atoms with van der Waals surface area (Å²) in [5.74, 6) is -1.36. The van der Waals surface area contributed by atoms with Crippen molar-refractivity contribution < 1.29 is 28.2 Å². The Morgan fingerprint density at radius 2 is 1.82 bits per heavy atom. The zero-order chi connectivity index (χ0) is 20.3. The maximum absolute atomic E-state index is 12.9. The van der Waals surface area contributed by atoms with Crippen LogP contribution in [0, 0.1) is 12.7 Å². The lowest BCUT2D eigenvalue weighted by atomic mass is 10.1. The Bertz CT molecular complexity index is 1100. The lowest BCUT2D eigenvalue weighted by Gasteiger charge is -2.09. The smallest absolute Gasteiger partial charge is 0.336 e. The SMILES string of the molecule is Cc1c(O)ccc2c(COC(=O)CCC(=O)c3ccc(F)cc3)cc(=O)oc12. The van der Waals surface area contributed by atoms with Crippen LogP contribution in [0.15, 0.2) is 51.7 Å². The molecule has 0 saturated carbocycles. The molecule has 2 aromatic carbocycles. The number of phenolic OH excluding ortho intramolecular Hbond substituents is 1. The summed E-state index contributed by atoms with van der Waals surface area (Å²) in [4.78, 5) is 35.7. The number of halogens is 1. The van der Waals surface area contributed by atoms with Crippen LogP contribution in [0.5, 0.6) is 5.75 Å². The first-order chi connectivity index (χ1) is 13.3. The van der Waals surface area contributed by atoms with Crippen molar-refractivity contribution in [3.63, 3.8) is 0 Å². The largest absolute Gasteiger partial charge is 0.508 e. The molecule has 0 radical (unpaired) electrons. The Balaban J connectivity index is 1.65. The third-order valence-corrected chi connectivity index (χ3v) is 4.33. The van der Waals surface area contributed by atoms with Gasteiger partial charge in [0.25, 0.3) is 0 Å². The van der Waals surface area contributed by atoms with E-state index in [9.17, 15) is 23.9 Å². The lowest BCUT2D eigenvalue weighted by Crippen LogP contribution is -2.10. The third-order valence-electron chi connectivity index (χ3n) is 4.33. The Labute approximate surface area is 159 Å². The second-order valence-electron chi connectivity index (χ2n) is 6.27. The van der Waals surface area contributed by atoms with Gasteiger partial charge in [0.05, 0.1) is 6.42 Å². The van der Waals surface area contributed by atoms with Gasteiger partial charge in [0, 0.05) is 34.6 Å². The van der Waals surface area contributed by atoms with Crippen molar-refractivity contribution in [1.82, 2.24) is 0 Å². The number of Topliss-reactive ketones (excluding diaryl/α,β-unsaturated/α-hetero) is 1. The van der Waals surface area contributed by atoms with Gasteiger partial charge < -0.3 is 14.3 Å². The predicted molar refractivity (Wildman–Crippen MR) is 98.6 cm³/mol. The summed E-state index contributed by atoms with van der Waals surface area (Å²) in [6, 6.07) is 9.32. The molecule has 7 heteroatoms. The number of hydrogen-bond acceptors (Lipinski definition) is 6. The summed E-state index contributed by atoms with van der Waals surface area (Å²) in [6.45, 7) is 1.44. The van der Waals surface area contributed by atoms with Gasteiger partial charge in [0.2, 0.25) is 0 Å². The molecule has 0 atom stereocenters. The molecule has 0 aliphatic rings. The molecule has 1 heterocycles. The number of carbonyl (C=O) groups is 2.